The normalized spacial score (nSPS) is 11.1. The van der Waals surface area contributed by atoms with Crippen LogP contribution in [0.15, 0.2) is 33.8 Å². The lowest BCUT2D eigenvalue weighted by Gasteiger charge is -2.09. The summed E-state index contributed by atoms with van der Waals surface area (Å²) in [7, 11) is 0. The summed E-state index contributed by atoms with van der Waals surface area (Å²) in [4.78, 5) is 11.0. The van der Waals surface area contributed by atoms with E-state index in [9.17, 15) is 22.4 Å². The summed E-state index contributed by atoms with van der Waals surface area (Å²) in [5, 5.41) is 3.11. The van der Waals surface area contributed by atoms with Crippen molar-refractivity contribution >= 4 is 24.0 Å². The third kappa shape index (κ3) is 2.71. The monoisotopic (exact) mass is 376 g/mol. The summed E-state index contributed by atoms with van der Waals surface area (Å²) < 4.78 is 55.1. The Hall–Kier alpha value is -1.39. The van der Waals surface area contributed by atoms with Gasteiger partial charge in [-0.1, -0.05) is 5.16 Å². The maximum absolute atomic E-state index is 13.0. The van der Waals surface area contributed by atoms with Crippen molar-refractivity contribution in [1.29, 1.82) is 0 Å². The van der Waals surface area contributed by atoms with Crippen LogP contribution >= 0.6 is 24.0 Å². The van der Waals surface area contributed by atoms with E-state index in [-0.39, 0.29) is 29.7 Å². The van der Waals surface area contributed by atoms with Crippen LogP contribution in [0.3, 0.4) is 0 Å². The Morgan fingerprint density at radius 2 is 1.94 bits per heavy atom. The number of halogens is 5. The lowest BCUT2D eigenvalue weighted by Crippen LogP contribution is -2.14. The molecular formula is C9H5F4IN2O2. The molecule has 18 heavy (non-hydrogen) atoms. The van der Waals surface area contributed by atoms with Crippen molar-refractivity contribution in [3.8, 4) is 5.69 Å². The second kappa shape index (κ2) is 5.08. The van der Waals surface area contributed by atoms with Gasteiger partial charge in [-0.15, -0.1) is 24.0 Å². The molecule has 98 valence electrons. The molecule has 0 aliphatic carbocycles. The first kappa shape index (κ1) is 14.7. The lowest BCUT2D eigenvalue weighted by atomic mass is 10.2. The van der Waals surface area contributed by atoms with Crippen molar-refractivity contribution in [1.82, 2.24) is 9.72 Å². The molecule has 1 heterocycles. The molecule has 0 saturated carbocycles. The topological polar surface area (TPSA) is 48.0 Å². The minimum absolute atomic E-state index is 0. The third-order valence-corrected chi connectivity index (χ3v) is 2.02. The highest BCUT2D eigenvalue weighted by Gasteiger charge is 2.34. The summed E-state index contributed by atoms with van der Waals surface area (Å²) in [5.41, 5.74) is -1.63. The van der Waals surface area contributed by atoms with E-state index >= 15 is 0 Å². The molecule has 1 aromatic carbocycles. The molecule has 0 aliphatic heterocycles. The summed E-state index contributed by atoms with van der Waals surface area (Å²) in [6.45, 7) is 0. The van der Waals surface area contributed by atoms with Crippen LogP contribution < -0.4 is 5.76 Å². The standard InChI is InChI=1S/C9H4F4N2O2.HI/c10-7-2-1-5(3-6(7)9(11,12)13)15-4-14-17-8(15)16;/h1-4H;1H. The minimum atomic E-state index is -4.83. The van der Waals surface area contributed by atoms with Gasteiger partial charge in [0, 0.05) is 0 Å². The first-order valence-electron chi connectivity index (χ1n) is 4.30. The number of benzene rings is 1. The van der Waals surface area contributed by atoms with E-state index in [2.05, 4.69) is 9.68 Å². The van der Waals surface area contributed by atoms with Gasteiger partial charge in [-0.05, 0) is 18.2 Å². The molecule has 0 fully saturated rings. The third-order valence-electron chi connectivity index (χ3n) is 2.02. The molecule has 0 bridgehead atoms. The molecule has 2 aromatic rings. The van der Waals surface area contributed by atoms with Crippen LogP contribution in [0.25, 0.3) is 5.69 Å². The predicted molar refractivity (Wildman–Crippen MR) is 62.5 cm³/mol. The number of nitrogens with zero attached hydrogens (tertiary/aromatic N) is 2. The number of hydrogen-bond acceptors (Lipinski definition) is 3. The van der Waals surface area contributed by atoms with Gasteiger partial charge in [-0.3, -0.25) is 4.52 Å². The Morgan fingerprint density at radius 3 is 2.44 bits per heavy atom. The molecule has 0 atom stereocenters. The minimum Gasteiger partial charge on any atom is -0.296 e. The van der Waals surface area contributed by atoms with Crippen LogP contribution in [-0.2, 0) is 6.18 Å². The van der Waals surface area contributed by atoms with Crippen molar-refractivity contribution in [3.63, 3.8) is 0 Å². The van der Waals surface area contributed by atoms with Gasteiger partial charge in [0.25, 0.3) is 0 Å². The molecule has 0 aliphatic rings. The zero-order valence-corrected chi connectivity index (χ0v) is 10.8. The van der Waals surface area contributed by atoms with E-state index in [1.807, 2.05) is 0 Å². The summed E-state index contributed by atoms with van der Waals surface area (Å²) >= 11 is 0. The molecule has 0 N–H and O–H groups in total. The molecule has 0 spiro atoms. The molecule has 4 nitrogen and oxygen atoms in total. The zero-order valence-electron chi connectivity index (χ0n) is 8.44. The zero-order chi connectivity index (χ0) is 12.6. The van der Waals surface area contributed by atoms with Gasteiger partial charge in [0.2, 0.25) is 0 Å². The van der Waals surface area contributed by atoms with Crippen molar-refractivity contribution < 1.29 is 22.1 Å². The Bertz CT molecular complexity index is 605. The van der Waals surface area contributed by atoms with Crippen LogP contribution in [-0.4, -0.2) is 9.72 Å². The largest absolute Gasteiger partial charge is 0.446 e. The average Bonchev–Trinajstić information content (AvgIpc) is 2.63. The Balaban J connectivity index is 0.00000162. The van der Waals surface area contributed by atoms with E-state index in [4.69, 9.17) is 0 Å². The highest BCUT2D eigenvalue weighted by atomic mass is 127. The van der Waals surface area contributed by atoms with Gasteiger partial charge in [0.1, 0.15) is 12.1 Å². The lowest BCUT2D eigenvalue weighted by molar-refractivity contribution is -0.140. The second-order valence-electron chi connectivity index (χ2n) is 3.11. The Labute approximate surface area is 114 Å². The molecule has 0 radical (unpaired) electrons. The van der Waals surface area contributed by atoms with E-state index in [1.165, 1.54) is 0 Å². The fraction of sp³-hybridized carbons (Fsp3) is 0.111. The molecule has 0 saturated heterocycles. The summed E-state index contributed by atoms with van der Waals surface area (Å²) in [6.07, 6.45) is -3.93. The van der Waals surface area contributed by atoms with Crippen LogP contribution in [0.5, 0.6) is 0 Å². The van der Waals surface area contributed by atoms with Crippen LogP contribution in [0, 0.1) is 5.82 Å². The highest BCUT2D eigenvalue weighted by Crippen LogP contribution is 2.32. The van der Waals surface area contributed by atoms with Crippen LogP contribution in [0.4, 0.5) is 17.6 Å². The van der Waals surface area contributed by atoms with Gasteiger partial charge in [-0.2, -0.15) is 13.2 Å². The van der Waals surface area contributed by atoms with Gasteiger partial charge in [0.15, 0.2) is 0 Å². The molecule has 0 amide bonds. The van der Waals surface area contributed by atoms with E-state index in [1.54, 1.807) is 0 Å². The number of rotatable bonds is 1. The Kier molecular flexibility index (Phi) is 4.14. The molecule has 1 aromatic heterocycles. The highest BCUT2D eigenvalue weighted by molar-refractivity contribution is 14.0. The molecular weight excluding hydrogens is 371 g/mol. The first-order chi connectivity index (χ1) is 7.89. The van der Waals surface area contributed by atoms with Crippen molar-refractivity contribution in [2.45, 2.75) is 6.18 Å². The predicted octanol–water partition coefficient (Wildman–Crippen LogP) is 2.60. The number of hydrogen-bond donors (Lipinski definition) is 0. The van der Waals surface area contributed by atoms with Crippen LogP contribution in [0.1, 0.15) is 5.56 Å². The first-order valence-corrected chi connectivity index (χ1v) is 4.30. The Morgan fingerprint density at radius 1 is 1.28 bits per heavy atom. The van der Waals surface area contributed by atoms with Crippen molar-refractivity contribution in [3.05, 3.63) is 46.5 Å². The van der Waals surface area contributed by atoms with E-state index < -0.39 is 23.3 Å². The molecule has 0 unspecified atom stereocenters. The number of alkyl halides is 3. The maximum Gasteiger partial charge on any atom is 0.446 e. The van der Waals surface area contributed by atoms with Crippen LogP contribution in [0.2, 0.25) is 0 Å². The summed E-state index contributed by atoms with van der Waals surface area (Å²) in [6, 6.07) is 2.15. The average molecular weight is 376 g/mol. The molecule has 2 rings (SSSR count). The van der Waals surface area contributed by atoms with E-state index in [0.29, 0.717) is 12.1 Å². The fourth-order valence-corrected chi connectivity index (χ4v) is 1.26. The smallest absolute Gasteiger partial charge is 0.296 e. The SMILES string of the molecule is I.O=c1oncn1-c1ccc(F)c(C(F)(F)F)c1. The van der Waals surface area contributed by atoms with Gasteiger partial charge in [0.05, 0.1) is 11.3 Å². The quantitative estimate of drug-likeness (QED) is 0.568. The fourth-order valence-electron chi connectivity index (χ4n) is 1.26. The second-order valence-corrected chi connectivity index (χ2v) is 3.11. The number of aromatic nitrogens is 2. The van der Waals surface area contributed by atoms with Gasteiger partial charge >= 0.3 is 11.9 Å². The van der Waals surface area contributed by atoms with Gasteiger partial charge < -0.3 is 0 Å². The maximum atomic E-state index is 13.0. The molecule has 9 heteroatoms. The summed E-state index contributed by atoms with van der Waals surface area (Å²) in [5.74, 6) is -2.37. The van der Waals surface area contributed by atoms with E-state index in [0.717, 1.165) is 17.0 Å². The van der Waals surface area contributed by atoms with Crippen molar-refractivity contribution in [2.24, 2.45) is 0 Å². The van der Waals surface area contributed by atoms with Crippen molar-refractivity contribution in [2.75, 3.05) is 0 Å². The van der Waals surface area contributed by atoms with Gasteiger partial charge in [-0.25, -0.2) is 13.8 Å².